The van der Waals surface area contributed by atoms with Gasteiger partial charge in [-0.3, -0.25) is 4.79 Å². The number of hydrogen-bond donors (Lipinski definition) is 2. The largest absolute Gasteiger partial charge is 0.478 e. The number of carbonyl (C=O) groups is 2. The van der Waals surface area contributed by atoms with Crippen LogP contribution in [0.4, 0.5) is 5.69 Å². The average molecular weight is 343 g/mol. The molecule has 0 aliphatic heterocycles. The van der Waals surface area contributed by atoms with E-state index in [0.717, 1.165) is 5.52 Å². The molecule has 0 unspecified atom stereocenters. The van der Waals surface area contributed by atoms with Crippen LogP contribution in [-0.4, -0.2) is 21.6 Å². The monoisotopic (exact) mass is 342 g/mol. The fourth-order valence-corrected chi connectivity index (χ4v) is 2.91. The van der Waals surface area contributed by atoms with E-state index in [1.165, 1.54) is 0 Å². The lowest BCUT2D eigenvalue weighted by molar-refractivity contribution is -0.116. The molecular formula is C18H15ClN2O3. The minimum atomic E-state index is -0.999. The number of carboxylic acids is 1. The molecule has 2 aromatic carbocycles. The zero-order valence-corrected chi connectivity index (χ0v) is 13.7. The van der Waals surface area contributed by atoms with Crippen LogP contribution in [0.2, 0.25) is 5.02 Å². The summed E-state index contributed by atoms with van der Waals surface area (Å²) >= 11 is 5.82. The van der Waals surface area contributed by atoms with Gasteiger partial charge in [0.2, 0.25) is 5.91 Å². The highest BCUT2D eigenvalue weighted by molar-refractivity contribution is 6.30. The molecule has 2 N–H and O–H groups in total. The molecule has 0 bridgehead atoms. The first-order chi connectivity index (χ1) is 11.5. The van der Waals surface area contributed by atoms with Crippen LogP contribution in [0.15, 0.2) is 48.5 Å². The van der Waals surface area contributed by atoms with Crippen molar-refractivity contribution in [2.24, 2.45) is 0 Å². The van der Waals surface area contributed by atoms with Gasteiger partial charge in [-0.15, -0.1) is 0 Å². The second-order valence-electron chi connectivity index (χ2n) is 5.42. The van der Waals surface area contributed by atoms with Crippen molar-refractivity contribution in [1.82, 2.24) is 4.57 Å². The smallest absolute Gasteiger partial charge is 0.338 e. The number of aromatic carboxylic acids is 1. The van der Waals surface area contributed by atoms with Crippen LogP contribution < -0.4 is 5.32 Å². The van der Waals surface area contributed by atoms with Crippen LogP contribution in [0, 0.1) is 6.92 Å². The molecule has 0 spiro atoms. The van der Waals surface area contributed by atoms with E-state index in [2.05, 4.69) is 5.32 Å². The minimum Gasteiger partial charge on any atom is -0.478 e. The number of halogens is 1. The molecule has 0 saturated heterocycles. The van der Waals surface area contributed by atoms with Crippen LogP contribution in [0.5, 0.6) is 0 Å². The lowest BCUT2D eigenvalue weighted by atomic mass is 10.1. The summed E-state index contributed by atoms with van der Waals surface area (Å²) in [6.45, 7) is 1.74. The average Bonchev–Trinajstić information content (AvgIpc) is 2.82. The highest BCUT2D eigenvalue weighted by Gasteiger charge is 2.20. The third kappa shape index (κ3) is 2.98. The van der Waals surface area contributed by atoms with Gasteiger partial charge in [-0.25, -0.2) is 4.79 Å². The van der Waals surface area contributed by atoms with Gasteiger partial charge in [0.05, 0.1) is 5.56 Å². The first kappa shape index (κ1) is 16.1. The first-order valence-electron chi connectivity index (χ1n) is 7.34. The molecule has 0 atom stereocenters. The number of carboxylic acid groups (broad SMARTS) is 1. The highest BCUT2D eigenvalue weighted by atomic mass is 35.5. The fourth-order valence-electron chi connectivity index (χ4n) is 2.78. The number of fused-ring (bicyclic) bond motifs is 1. The minimum absolute atomic E-state index is 0.0300. The molecule has 1 aromatic heterocycles. The van der Waals surface area contributed by atoms with Crippen LogP contribution in [0.3, 0.4) is 0 Å². The van der Waals surface area contributed by atoms with E-state index in [1.807, 2.05) is 12.1 Å². The van der Waals surface area contributed by atoms with E-state index in [-0.39, 0.29) is 18.0 Å². The molecule has 3 aromatic rings. The molecule has 6 heteroatoms. The van der Waals surface area contributed by atoms with Crippen molar-refractivity contribution in [3.05, 3.63) is 64.8 Å². The number of benzene rings is 2. The Morgan fingerprint density at radius 1 is 1.12 bits per heavy atom. The molecule has 0 saturated carbocycles. The maximum Gasteiger partial charge on any atom is 0.338 e. The third-order valence-corrected chi connectivity index (χ3v) is 4.13. The maximum atomic E-state index is 12.3. The van der Waals surface area contributed by atoms with Gasteiger partial charge in [0.25, 0.3) is 0 Å². The van der Waals surface area contributed by atoms with E-state index in [0.29, 0.717) is 21.8 Å². The maximum absolute atomic E-state index is 12.3. The lowest BCUT2D eigenvalue weighted by Crippen LogP contribution is -2.19. The van der Waals surface area contributed by atoms with Crippen molar-refractivity contribution in [1.29, 1.82) is 0 Å². The lowest BCUT2D eigenvalue weighted by Gasteiger charge is -2.09. The molecule has 0 aliphatic carbocycles. The van der Waals surface area contributed by atoms with Crippen molar-refractivity contribution in [2.75, 3.05) is 5.32 Å². The van der Waals surface area contributed by atoms with Crippen LogP contribution >= 0.6 is 11.6 Å². The SMILES string of the molecule is Cc1c(C(=O)O)c2ccccc2n1CC(=O)Nc1ccc(Cl)cc1. The summed E-state index contributed by atoms with van der Waals surface area (Å²) in [5.41, 5.74) is 2.13. The van der Waals surface area contributed by atoms with Crippen LogP contribution in [-0.2, 0) is 11.3 Å². The Kier molecular flexibility index (Phi) is 4.27. The Bertz CT molecular complexity index is 929. The summed E-state index contributed by atoms with van der Waals surface area (Å²) in [6, 6.07) is 14.0. The first-order valence-corrected chi connectivity index (χ1v) is 7.71. The van der Waals surface area contributed by atoms with Gasteiger partial charge in [-0.05, 0) is 37.3 Å². The van der Waals surface area contributed by atoms with Gasteiger partial charge in [0.15, 0.2) is 0 Å². The Labute approximate surface area is 143 Å². The van der Waals surface area contributed by atoms with Crippen molar-refractivity contribution < 1.29 is 14.7 Å². The predicted molar refractivity (Wildman–Crippen MR) is 93.7 cm³/mol. The fraction of sp³-hybridized carbons (Fsp3) is 0.111. The van der Waals surface area contributed by atoms with Gasteiger partial charge in [-0.1, -0.05) is 29.8 Å². The Hall–Kier alpha value is -2.79. The zero-order valence-electron chi connectivity index (χ0n) is 12.9. The second-order valence-corrected chi connectivity index (χ2v) is 5.86. The number of amides is 1. The molecular weight excluding hydrogens is 328 g/mol. The number of hydrogen-bond acceptors (Lipinski definition) is 2. The topological polar surface area (TPSA) is 71.3 Å². The highest BCUT2D eigenvalue weighted by Crippen LogP contribution is 2.26. The summed E-state index contributed by atoms with van der Waals surface area (Å²) in [4.78, 5) is 23.9. The number of carbonyl (C=O) groups excluding carboxylic acids is 1. The van der Waals surface area contributed by atoms with Crippen molar-refractivity contribution in [2.45, 2.75) is 13.5 Å². The number of nitrogens with one attached hydrogen (secondary N) is 1. The molecule has 24 heavy (non-hydrogen) atoms. The Morgan fingerprint density at radius 2 is 1.79 bits per heavy atom. The Morgan fingerprint density at radius 3 is 2.46 bits per heavy atom. The zero-order chi connectivity index (χ0) is 17.3. The normalized spacial score (nSPS) is 10.8. The van der Waals surface area contributed by atoms with Crippen LogP contribution in [0.1, 0.15) is 16.1 Å². The molecule has 0 fully saturated rings. The summed E-state index contributed by atoms with van der Waals surface area (Å²) < 4.78 is 1.71. The summed E-state index contributed by atoms with van der Waals surface area (Å²) in [6.07, 6.45) is 0. The quantitative estimate of drug-likeness (QED) is 0.754. The molecule has 0 aliphatic rings. The second kappa shape index (κ2) is 6.37. The summed E-state index contributed by atoms with van der Waals surface area (Å²) in [5.74, 6) is -1.24. The molecule has 3 rings (SSSR count). The number of rotatable bonds is 4. The summed E-state index contributed by atoms with van der Waals surface area (Å²) in [7, 11) is 0. The van der Waals surface area contributed by atoms with Crippen LogP contribution in [0.25, 0.3) is 10.9 Å². The number of para-hydroxylation sites is 1. The number of nitrogens with zero attached hydrogens (tertiary/aromatic N) is 1. The Balaban J connectivity index is 1.92. The summed E-state index contributed by atoms with van der Waals surface area (Å²) in [5, 5.41) is 13.4. The van der Waals surface area contributed by atoms with Gasteiger partial charge in [-0.2, -0.15) is 0 Å². The molecule has 0 radical (unpaired) electrons. The number of anilines is 1. The number of aromatic nitrogens is 1. The van der Waals surface area contributed by atoms with Gasteiger partial charge < -0.3 is 15.0 Å². The molecule has 1 heterocycles. The molecule has 5 nitrogen and oxygen atoms in total. The van der Waals surface area contributed by atoms with Gasteiger partial charge in [0, 0.05) is 27.3 Å². The predicted octanol–water partition coefficient (Wildman–Crippen LogP) is 3.94. The molecule has 122 valence electrons. The van der Waals surface area contributed by atoms with E-state index in [9.17, 15) is 14.7 Å². The molecule has 1 amide bonds. The van der Waals surface area contributed by atoms with Gasteiger partial charge in [0.1, 0.15) is 6.54 Å². The van der Waals surface area contributed by atoms with E-state index >= 15 is 0 Å². The van der Waals surface area contributed by atoms with Crippen molar-refractivity contribution in [3.8, 4) is 0 Å². The van der Waals surface area contributed by atoms with Crippen molar-refractivity contribution >= 4 is 40.1 Å². The van der Waals surface area contributed by atoms with E-state index < -0.39 is 5.97 Å². The third-order valence-electron chi connectivity index (χ3n) is 3.87. The van der Waals surface area contributed by atoms with E-state index in [1.54, 1.807) is 47.9 Å². The standard InChI is InChI=1S/C18H15ClN2O3/c1-11-17(18(23)24)14-4-2-3-5-15(14)21(11)10-16(22)20-13-8-6-12(19)7-9-13/h2-9H,10H2,1H3,(H,20,22)(H,23,24). The van der Waals surface area contributed by atoms with E-state index in [4.69, 9.17) is 11.6 Å². The van der Waals surface area contributed by atoms with Crippen molar-refractivity contribution in [3.63, 3.8) is 0 Å². The van der Waals surface area contributed by atoms with Gasteiger partial charge >= 0.3 is 5.97 Å².